The third kappa shape index (κ3) is 9.21. The average molecular weight is 597 g/mol. The van der Waals surface area contributed by atoms with Crippen molar-refractivity contribution in [3.8, 4) is 11.8 Å². The lowest BCUT2D eigenvalue weighted by atomic mass is 10.0. The third-order valence-corrected chi connectivity index (χ3v) is 6.87. The van der Waals surface area contributed by atoms with Crippen molar-refractivity contribution in [1.29, 1.82) is 0 Å². The Bertz CT molecular complexity index is 1270. The van der Waals surface area contributed by atoms with Crippen LogP contribution in [-0.4, -0.2) is 76.6 Å². The summed E-state index contributed by atoms with van der Waals surface area (Å²) < 4.78 is 10.9. The number of imide groups is 2. The number of hydrogen-bond donors (Lipinski definition) is 1. The highest BCUT2D eigenvalue weighted by atomic mass is 16.6. The topological polar surface area (TPSA) is 126 Å². The second kappa shape index (κ2) is 13.9. The number of carbonyl (C=O) groups is 5. The number of nitrogens with one attached hydrogen (secondary N) is 1. The van der Waals surface area contributed by atoms with Crippen LogP contribution in [0.5, 0.6) is 0 Å². The summed E-state index contributed by atoms with van der Waals surface area (Å²) in [5.74, 6) is 5.00. The van der Waals surface area contributed by atoms with Crippen LogP contribution < -0.4 is 10.2 Å². The molecule has 0 aliphatic carbocycles. The van der Waals surface area contributed by atoms with Gasteiger partial charge in [-0.1, -0.05) is 6.07 Å². The van der Waals surface area contributed by atoms with Crippen molar-refractivity contribution >= 4 is 35.6 Å². The Morgan fingerprint density at radius 2 is 1.60 bits per heavy atom. The van der Waals surface area contributed by atoms with Gasteiger partial charge >= 0.3 is 12.2 Å². The maximum Gasteiger partial charge on any atom is 0.419 e. The molecule has 0 radical (unpaired) electrons. The molecule has 0 bridgehead atoms. The Labute approximate surface area is 254 Å². The average Bonchev–Trinajstić information content (AvgIpc) is 3.21. The number of piperidine rings is 1. The lowest BCUT2D eigenvalue weighted by Gasteiger charge is -2.30. The number of ether oxygens (including phenoxy) is 2. The molecule has 0 aromatic heterocycles. The predicted molar refractivity (Wildman–Crippen MR) is 161 cm³/mol. The largest absolute Gasteiger partial charge is 0.443 e. The Morgan fingerprint density at radius 3 is 2.19 bits per heavy atom. The van der Waals surface area contributed by atoms with E-state index in [0.29, 0.717) is 44.3 Å². The minimum atomic E-state index is -0.776. The number of unbranched alkanes of at least 4 members (excludes halogenated alkanes) is 1. The molecule has 2 heterocycles. The van der Waals surface area contributed by atoms with Crippen LogP contribution in [0.25, 0.3) is 0 Å². The first-order valence-corrected chi connectivity index (χ1v) is 14.8. The van der Waals surface area contributed by atoms with E-state index in [4.69, 9.17) is 9.47 Å². The van der Waals surface area contributed by atoms with Crippen LogP contribution in [-0.2, 0) is 25.6 Å². The molecule has 0 spiro atoms. The molecular weight excluding hydrogens is 552 g/mol. The quantitative estimate of drug-likeness (QED) is 0.249. The van der Waals surface area contributed by atoms with Crippen LogP contribution in [0.4, 0.5) is 15.3 Å². The van der Waals surface area contributed by atoms with Gasteiger partial charge in [-0.05, 0) is 79.9 Å². The van der Waals surface area contributed by atoms with Crippen molar-refractivity contribution in [3.63, 3.8) is 0 Å². The smallest absolute Gasteiger partial charge is 0.419 e. The zero-order valence-electron chi connectivity index (χ0n) is 26.4. The molecule has 2 aliphatic rings. The molecule has 1 fully saturated rings. The van der Waals surface area contributed by atoms with Gasteiger partial charge in [0.2, 0.25) is 11.8 Å². The summed E-state index contributed by atoms with van der Waals surface area (Å²) in [6, 6.07) is 4.84. The van der Waals surface area contributed by atoms with E-state index in [1.165, 1.54) is 0 Å². The molecule has 11 heteroatoms. The normalized spacial score (nSPS) is 16.6. The molecule has 1 N–H and O–H groups in total. The molecule has 2 aliphatic heterocycles. The van der Waals surface area contributed by atoms with E-state index in [-0.39, 0.29) is 31.3 Å². The fraction of sp³-hybridized carbons (Fsp3) is 0.594. The molecule has 1 aromatic rings. The molecule has 5 amide bonds. The van der Waals surface area contributed by atoms with E-state index < -0.39 is 35.3 Å². The van der Waals surface area contributed by atoms with Gasteiger partial charge in [-0.25, -0.2) is 14.5 Å². The summed E-state index contributed by atoms with van der Waals surface area (Å²) in [5.41, 5.74) is 0.679. The molecule has 0 saturated carbocycles. The van der Waals surface area contributed by atoms with Crippen molar-refractivity contribution < 1.29 is 33.4 Å². The van der Waals surface area contributed by atoms with Gasteiger partial charge < -0.3 is 19.3 Å². The Hall–Kier alpha value is -4.07. The van der Waals surface area contributed by atoms with Crippen molar-refractivity contribution in [1.82, 2.24) is 15.1 Å². The molecule has 11 nitrogen and oxygen atoms in total. The molecule has 3 rings (SSSR count). The first-order valence-electron chi connectivity index (χ1n) is 14.8. The van der Waals surface area contributed by atoms with Crippen LogP contribution in [0.1, 0.15) is 96.5 Å². The number of benzene rings is 1. The number of rotatable bonds is 9. The van der Waals surface area contributed by atoms with Gasteiger partial charge in [-0.3, -0.25) is 19.7 Å². The minimum Gasteiger partial charge on any atom is -0.443 e. The number of hydrogen-bond acceptors (Lipinski definition) is 8. The molecule has 234 valence electrons. The van der Waals surface area contributed by atoms with Crippen LogP contribution in [0, 0.1) is 11.8 Å². The van der Waals surface area contributed by atoms with Crippen molar-refractivity contribution in [2.24, 2.45) is 0 Å². The number of fused-ring (bicyclic) bond motifs is 1. The fourth-order valence-corrected chi connectivity index (χ4v) is 5.00. The van der Waals surface area contributed by atoms with Gasteiger partial charge in [-0.2, -0.15) is 0 Å². The highest BCUT2D eigenvalue weighted by Crippen LogP contribution is 2.34. The van der Waals surface area contributed by atoms with Crippen LogP contribution in [0.15, 0.2) is 18.2 Å². The summed E-state index contributed by atoms with van der Waals surface area (Å²) in [6.45, 7) is 13.7. The van der Waals surface area contributed by atoms with Gasteiger partial charge in [0.25, 0.3) is 5.91 Å². The summed E-state index contributed by atoms with van der Waals surface area (Å²) in [7, 11) is 0. The maximum atomic E-state index is 13.3. The second-order valence-corrected chi connectivity index (χ2v) is 12.7. The Morgan fingerprint density at radius 1 is 0.977 bits per heavy atom. The number of carbonyl (C=O) groups excluding carboxylic acids is 5. The van der Waals surface area contributed by atoms with E-state index in [1.807, 2.05) is 12.1 Å². The van der Waals surface area contributed by atoms with Gasteiger partial charge in [0.15, 0.2) is 0 Å². The van der Waals surface area contributed by atoms with Crippen molar-refractivity contribution in [3.05, 3.63) is 29.3 Å². The number of nitrogens with zero attached hydrogens (tertiary/aromatic N) is 3. The Balaban J connectivity index is 1.75. The van der Waals surface area contributed by atoms with Crippen LogP contribution >= 0.6 is 0 Å². The molecule has 1 unspecified atom stereocenters. The lowest BCUT2D eigenvalue weighted by molar-refractivity contribution is -0.136. The van der Waals surface area contributed by atoms with E-state index in [2.05, 4.69) is 22.1 Å². The summed E-state index contributed by atoms with van der Waals surface area (Å²) >= 11 is 0. The maximum absolute atomic E-state index is 13.3. The standard InChI is InChI=1S/C32H44N4O7/c1-8-9-10-18-34(19-11-12-20-35(29(40)42-31(2,3)4)30(41)43-32(5,6)7)24-15-13-14-22-23(24)21-36(28(22)39)25-16-17-26(37)33-27(25)38/h13-15,25H,10-12,16-21H2,1-7H3,(H,33,37,38). The molecule has 43 heavy (non-hydrogen) atoms. The Kier molecular flexibility index (Phi) is 10.8. The van der Waals surface area contributed by atoms with Crippen molar-refractivity contribution in [2.75, 3.05) is 24.5 Å². The highest BCUT2D eigenvalue weighted by molar-refractivity contribution is 6.06. The van der Waals surface area contributed by atoms with E-state index >= 15 is 0 Å². The zero-order chi connectivity index (χ0) is 31.9. The number of amides is 5. The second-order valence-electron chi connectivity index (χ2n) is 12.7. The van der Waals surface area contributed by atoms with Crippen LogP contribution in [0.2, 0.25) is 0 Å². The van der Waals surface area contributed by atoms with Gasteiger partial charge in [0.05, 0.1) is 0 Å². The van der Waals surface area contributed by atoms with E-state index in [9.17, 15) is 24.0 Å². The molecule has 1 aromatic carbocycles. The van der Waals surface area contributed by atoms with Gasteiger partial charge in [0.1, 0.15) is 17.2 Å². The highest BCUT2D eigenvalue weighted by Gasteiger charge is 2.40. The predicted octanol–water partition coefficient (Wildman–Crippen LogP) is 4.62. The first kappa shape index (κ1) is 33.4. The molecule has 1 saturated heterocycles. The lowest BCUT2D eigenvalue weighted by Crippen LogP contribution is -2.52. The first-order chi connectivity index (χ1) is 20.1. The number of anilines is 1. The third-order valence-electron chi connectivity index (χ3n) is 6.87. The molecular formula is C32H44N4O7. The van der Waals surface area contributed by atoms with Crippen LogP contribution in [0.3, 0.4) is 0 Å². The van der Waals surface area contributed by atoms with E-state index in [1.54, 1.807) is 59.4 Å². The summed E-state index contributed by atoms with van der Waals surface area (Å²) in [5, 5.41) is 2.34. The van der Waals surface area contributed by atoms with Crippen molar-refractivity contribution in [2.45, 2.75) is 104 Å². The van der Waals surface area contributed by atoms with Gasteiger partial charge in [0, 0.05) is 55.8 Å². The monoisotopic (exact) mass is 596 g/mol. The minimum absolute atomic E-state index is 0.112. The SMILES string of the molecule is CC#CCCN(CCCCN(C(=O)OC(C)(C)C)C(=O)OC(C)(C)C)c1cccc2c1CN(C1CCC(=O)NC1=O)C2=O. The zero-order valence-corrected chi connectivity index (χ0v) is 26.4. The fourth-order valence-electron chi connectivity index (χ4n) is 5.00. The summed E-state index contributed by atoms with van der Waals surface area (Å²) in [4.78, 5) is 68.0. The van der Waals surface area contributed by atoms with E-state index in [0.717, 1.165) is 16.2 Å². The van der Waals surface area contributed by atoms with Gasteiger partial charge in [-0.15, -0.1) is 11.8 Å². The summed E-state index contributed by atoms with van der Waals surface area (Å²) in [6.07, 6.45) is 0.679. The molecule has 1 atom stereocenters.